The molecule has 0 radical (unpaired) electrons. The molecule has 2 aliphatic rings. The summed E-state index contributed by atoms with van der Waals surface area (Å²) in [6, 6.07) is 8.64. The number of para-hydroxylation sites is 1. The van der Waals surface area contributed by atoms with E-state index in [1.807, 2.05) is 0 Å². The molecule has 110 valence electrons. The maximum atomic E-state index is 10.4. The lowest BCUT2D eigenvalue weighted by atomic mass is 9.93. The standard InChI is InChI=1S/C17H26N2O/c20-16(11-14-5-3-9-18-12-14)13-19-10-4-7-15-6-1-2-8-17(15)19/h1-2,6,8,14,16,18,20H,3-5,7,9-13H2/t14-,16+/m1/s1. The van der Waals surface area contributed by atoms with Crippen molar-refractivity contribution in [2.45, 2.75) is 38.2 Å². The maximum absolute atomic E-state index is 10.4. The summed E-state index contributed by atoms with van der Waals surface area (Å²) in [5.74, 6) is 0.652. The molecule has 3 heteroatoms. The second-order valence-corrected chi connectivity index (χ2v) is 6.28. The Morgan fingerprint density at radius 1 is 1.30 bits per heavy atom. The number of hydrogen-bond donors (Lipinski definition) is 2. The highest BCUT2D eigenvalue weighted by Gasteiger charge is 2.22. The van der Waals surface area contributed by atoms with Crippen molar-refractivity contribution in [2.75, 3.05) is 31.1 Å². The number of nitrogens with zero attached hydrogens (tertiary/aromatic N) is 1. The Bertz CT molecular complexity index is 429. The van der Waals surface area contributed by atoms with Gasteiger partial charge in [-0.15, -0.1) is 0 Å². The quantitative estimate of drug-likeness (QED) is 0.883. The van der Waals surface area contributed by atoms with E-state index in [4.69, 9.17) is 0 Å². The van der Waals surface area contributed by atoms with Crippen molar-refractivity contribution in [3.8, 4) is 0 Å². The Morgan fingerprint density at radius 3 is 3.05 bits per heavy atom. The third kappa shape index (κ3) is 3.33. The van der Waals surface area contributed by atoms with Crippen LogP contribution in [0.2, 0.25) is 0 Å². The summed E-state index contributed by atoms with van der Waals surface area (Å²) in [6.07, 6.45) is 5.63. The van der Waals surface area contributed by atoms with Gasteiger partial charge in [0.15, 0.2) is 0 Å². The molecule has 1 saturated heterocycles. The van der Waals surface area contributed by atoms with Crippen LogP contribution in [0.3, 0.4) is 0 Å². The first kappa shape index (κ1) is 13.9. The molecular weight excluding hydrogens is 248 g/mol. The van der Waals surface area contributed by atoms with Gasteiger partial charge in [0.1, 0.15) is 0 Å². The van der Waals surface area contributed by atoms with E-state index < -0.39 is 0 Å². The Balaban J connectivity index is 1.57. The van der Waals surface area contributed by atoms with Gasteiger partial charge in [0.2, 0.25) is 0 Å². The summed E-state index contributed by atoms with van der Waals surface area (Å²) in [5, 5.41) is 13.8. The molecule has 2 N–H and O–H groups in total. The van der Waals surface area contributed by atoms with E-state index in [0.29, 0.717) is 5.92 Å². The molecular formula is C17H26N2O. The van der Waals surface area contributed by atoms with Crippen LogP contribution in [-0.4, -0.2) is 37.4 Å². The minimum absolute atomic E-state index is 0.203. The molecule has 1 aromatic rings. The van der Waals surface area contributed by atoms with E-state index in [0.717, 1.165) is 32.6 Å². The lowest BCUT2D eigenvalue weighted by molar-refractivity contribution is 0.138. The molecule has 0 spiro atoms. The van der Waals surface area contributed by atoms with Gasteiger partial charge in [-0.2, -0.15) is 0 Å². The van der Waals surface area contributed by atoms with E-state index in [2.05, 4.69) is 34.5 Å². The van der Waals surface area contributed by atoms with Crippen LogP contribution in [0.15, 0.2) is 24.3 Å². The number of anilines is 1. The number of fused-ring (bicyclic) bond motifs is 1. The number of hydrogen-bond acceptors (Lipinski definition) is 3. The number of aliphatic hydroxyl groups excluding tert-OH is 1. The fourth-order valence-electron chi connectivity index (χ4n) is 3.64. The number of nitrogens with one attached hydrogen (secondary N) is 1. The van der Waals surface area contributed by atoms with Gasteiger partial charge < -0.3 is 15.3 Å². The number of rotatable bonds is 4. The zero-order valence-electron chi connectivity index (χ0n) is 12.2. The van der Waals surface area contributed by atoms with E-state index in [-0.39, 0.29) is 6.10 Å². The van der Waals surface area contributed by atoms with Crippen molar-refractivity contribution in [2.24, 2.45) is 5.92 Å². The number of benzene rings is 1. The maximum Gasteiger partial charge on any atom is 0.0718 e. The first-order valence-corrected chi connectivity index (χ1v) is 8.04. The normalized spacial score (nSPS) is 24.2. The van der Waals surface area contributed by atoms with Gasteiger partial charge in [-0.05, 0) is 62.7 Å². The Hall–Kier alpha value is -1.06. The Labute approximate surface area is 122 Å². The molecule has 1 aromatic carbocycles. The van der Waals surface area contributed by atoms with Crippen LogP contribution < -0.4 is 10.2 Å². The van der Waals surface area contributed by atoms with E-state index in [1.54, 1.807) is 0 Å². The highest BCUT2D eigenvalue weighted by Crippen LogP contribution is 2.27. The van der Waals surface area contributed by atoms with Crippen molar-refractivity contribution in [1.29, 1.82) is 0 Å². The van der Waals surface area contributed by atoms with E-state index in [9.17, 15) is 5.11 Å². The predicted molar refractivity (Wildman–Crippen MR) is 83.2 cm³/mol. The molecule has 3 rings (SSSR count). The van der Waals surface area contributed by atoms with Crippen LogP contribution in [0.4, 0.5) is 5.69 Å². The molecule has 20 heavy (non-hydrogen) atoms. The molecule has 0 saturated carbocycles. The van der Waals surface area contributed by atoms with Crippen molar-refractivity contribution in [3.05, 3.63) is 29.8 Å². The van der Waals surface area contributed by atoms with Crippen LogP contribution in [0.25, 0.3) is 0 Å². The first-order valence-electron chi connectivity index (χ1n) is 8.04. The molecule has 2 atom stereocenters. The largest absolute Gasteiger partial charge is 0.391 e. The number of β-amino-alcohol motifs (C(OH)–C–C–N with tert-alkyl or cyclic N) is 1. The summed E-state index contributed by atoms with van der Waals surface area (Å²) in [6.45, 7) is 4.09. The van der Waals surface area contributed by atoms with Crippen molar-refractivity contribution >= 4 is 5.69 Å². The van der Waals surface area contributed by atoms with Gasteiger partial charge in [0, 0.05) is 18.8 Å². The van der Waals surface area contributed by atoms with Gasteiger partial charge in [-0.25, -0.2) is 0 Å². The molecule has 1 fully saturated rings. The lowest BCUT2D eigenvalue weighted by Crippen LogP contribution is -2.39. The Kier molecular flexibility index (Phi) is 4.58. The van der Waals surface area contributed by atoms with E-state index in [1.165, 1.54) is 36.9 Å². The fraction of sp³-hybridized carbons (Fsp3) is 0.647. The number of aryl methyl sites for hydroxylation is 1. The zero-order valence-corrected chi connectivity index (χ0v) is 12.2. The zero-order chi connectivity index (χ0) is 13.8. The topological polar surface area (TPSA) is 35.5 Å². The summed E-state index contributed by atoms with van der Waals surface area (Å²) >= 11 is 0. The van der Waals surface area contributed by atoms with Crippen LogP contribution in [0, 0.1) is 5.92 Å². The molecule has 0 aromatic heterocycles. The monoisotopic (exact) mass is 274 g/mol. The summed E-state index contributed by atoms with van der Waals surface area (Å²) in [7, 11) is 0. The van der Waals surface area contributed by atoms with Crippen molar-refractivity contribution < 1.29 is 5.11 Å². The van der Waals surface area contributed by atoms with Crippen molar-refractivity contribution in [1.82, 2.24) is 5.32 Å². The average molecular weight is 274 g/mol. The van der Waals surface area contributed by atoms with Crippen LogP contribution in [0.1, 0.15) is 31.2 Å². The van der Waals surface area contributed by atoms with Gasteiger partial charge in [-0.1, -0.05) is 18.2 Å². The summed E-state index contributed by atoms with van der Waals surface area (Å²) in [4.78, 5) is 2.37. The third-order valence-corrected chi connectivity index (χ3v) is 4.64. The molecule has 3 nitrogen and oxygen atoms in total. The van der Waals surface area contributed by atoms with Crippen LogP contribution in [0.5, 0.6) is 0 Å². The molecule has 0 aliphatic carbocycles. The van der Waals surface area contributed by atoms with Crippen LogP contribution >= 0.6 is 0 Å². The SMILES string of the molecule is O[C@@H](C[C@H]1CCCNC1)CN1CCCc2ccccc21. The van der Waals surface area contributed by atoms with Gasteiger partial charge in [0.05, 0.1) is 6.10 Å². The Morgan fingerprint density at radius 2 is 2.20 bits per heavy atom. The molecule has 2 aliphatic heterocycles. The van der Waals surface area contributed by atoms with Gasteiger partial charge >= 0.3 is 0 Å². The van der Waals surface area contributed by atoms with Gasteiger partial charge in [0.25, 0.3) is 0 Å². The third-order valence-electron chi connectivity index (χ3n) is 4.64. The molecule has 0 unspecified atom stereocenters. The lowest BCUT2D eigenvalue weighted by Gasteiger charge is -2.34. The minimum atomic E-state index is -0.203. The summed E-state index contributed by atoms with van der Waals surface area (Å²) in [5.41, 5.74) is 2.77. The highest BCUT2D eigenvalue weighted by molar-refractivity contribution is 5.55. The first-order chi connectivity index (χ1) is 9.83. The minimum Gasteiger partial charge on any atom is -0.391 e. The van der Waals surface area contributed by atoms with Gasteiger partial charge in [-0.3, -0.25) is 0 Å². The smallest absolute Gasteiger partial charge is 0.0718 e. The second kappa shape index (κ2) is 6.59. The average Bonchev–Trinajstić information content (AvgIpc) is 2.48. The molecule has 0 amide bonds. The summed E-state index contributed by atoms with van der Waals surface area (Å²) < 4.78 is 0. The van der Waals surface area contributed by atoms with Crippen molar-refractivity contribution in [3.63, 3.8) is 0 Å². The van der Waals surface area contributed by atoms with Crippen LogP contribution in [-0.2, 0) is 6.42 Å². The number of piperidine rings is 1. The second-order valence-electron chi connectivity index (χ2n) is 6.28. The van der Waals surface area contributed by atoms with E-state index >= 15 is 0 Å². The molecule has 0 bridgehead atoms. The molecule has 2 heterocycles. The fourth-order valence-corrected chi connectivity index (χ4v) is 3.64. The highest BCUT2D eigenvalue weighted by atomic mass is 16.3. The number of aliphatic hydroxyl groups is 1. The predicted octanol–water partition coefficient (Wildman–Crippen LogP) is 2.19.